The first-order valence-corrected chi connectivity index (χ1v) is 6.70. The number of hydrogen-bond acceptors (Lipinski definition) is 3. The van der Waals surface area contributed by atoms with Gasteiger partial charge in [0.1, 0.15) is 5.75 Å². The van der Waals surface area contributed by atoms with Crippen LogP contribution in [0, 0.1) is 0 Å². The van der Waals surface area contributed by atoms with E-state index in [1.807, 2.05) is 0 Å². The monoisotopic (exact) mass is 269 g/mol. The highest BCUT2D eigenvalue weighted by atomic mass is 35.5. The molecule has 0 saturated carbocycles. The number of benzene rings is 1. The number of nitrogens with zero attached hydrogens (tertiary/aromatic N) is 1. The van der Waals surface area contributed by atoms with Crippen molar-refractivity contribution in [3.8, 4) is 5.75 Å². The Morgan fingerprint density at radius 1 is 1.22 bits per heavy atom. The molecule has 0 aliphatic carbocycles. The summed E-state index contributed by atoms with van der Waals surface area (Å²) in [7, 11) is 0. The van der Waals surface area contributed by atoms with E-state index in [-0.39, 0.29) is 6.23 Å². The predicted octanol–water partition coefficient (Wildman–Crippen LogP) is 3.52. The maximum absolute atomic E-state index is 11.0. The molecule has 1 aromatic carbocycles. The van der Waals surface area contributed by atoms with Crippen LogP contribution >= 0.6 is 11.6 Å². The third-order valence-electron chi connectivity index (χ3n) is 2.92. The van der Waals surface area contributed by atoms with Crippen molar-refractivity contribution >= 4 is 16.8 Å². The van der Waals surface area contributed by atoms with Crippen molar-refractivity contribution in [3.05, 3.63) is 29.8 Å². The molecule has 0 aliphatic rings. The minimum atomic E-state index is -0.447. The molecule has 0 aliphatic heterocycles. The average molecular weight is 270 g/mol. The van der Waals surface area contributed by atoms with Crippen molar-refractivity contribution in [1.29, 1.82) is 0 Å². The summed E-state index contributed by atoms with van der Waals surface area (Å²) in [6.07, 6.45) is 0.982. The number of hydrogen-bond donors (Lipinski definition) is 0. The third-order valence-corrected chi connectivity index (χ3v) is 3.14. The molecule has 0 amide bonds. The van der Waals surface area contributed by atoms with E-state index < -0.39 is 5.24 Å². The molecule has 0 fully saturated rings. The quantitative estimate of drug-likeness (QED) is 0.560. The summed E-state index contributed by atoms with van der Waals surface area (Å²) in [4.78, 5) is 13.2. The second kappa shape index (κ2) is 7.39. The van der Waals surface area contributed by atoms with Crippen molar-refractivity contribution in [2.45, 2.75) is 33.4 Å². The fraction of sp³-hybridized carbons (Fsp3) is 0.500. The van der Waals surface area contributed by atoms with Gasteiger partial charge >= 0.3 is 0 Å². The number of ether oxygens (including phenoxy) is 1. The molecule has 0 heterocycles. The van der Waals surface area contributed by atoms with Gasteiger partial charge in [-0.1, -0.05) is 20.8 Å². The van der Waals surface area contributed by atoms with E-state index in [2.05, 4.69) is 25.7 Å². The van der Waals surface area contributed by atoms with Crippen LogP contribution in [0.1, 0.15) is 37.6 Å². The van der Waals surface area contributed by atoms with Gasteiger partial charge in [-0.2, -0.15) is 0 Å². The van der Waals surface area contributed by atoms with Crippen molar-refractivity contribution in [2.24, 2.45) is 0 Å². The lowest BCUT2D eigenvalue weighted by molar-refractivity contribution is 0.0298. The van der Waals surface area contributed by atoms with Crippen LogP contribution in [0.4, 0.5) is 0 Å². The van der Waals surface area contributed by atoms with Crippen LogP contribution in [-0.2, 0) is 0 Å². The molecule has 4 heteroatoms. The molecule has 0 spiro atoms. The van der Waals surface area contributed by atoms with Crippen molar-refractivity contribution in [1.82, 2.24) is 4.90 Å². The van der Waals surface area contributed by atoms with Gasteiger partial charge in [0.05, 0.1) is 0 Å². The minimum absolute atomic E-state index is 0.0672. The predicted molar refractivity (Wildman–Crippen MR) is 74.3 cm³/mol. The summed E-state index contributed by atoms with van der Waals surface area (Å²) in [5.74, 6) is 0.760. The molecule has 0 aromatic heterocycles. The lowest BCUT2D eigenvalue weighted by Crippen LogP contribution is -2.38. The Balaban J connectivity index is 2.72. The molecule has 0 N–H and O–H groups in total. The number of rotatable bonds is 7. The van der Waals surface area contributed by atoms with Crippen LogP contribution < -0.4 is 4.74 Å². The van der Waals surface area contributed by atoms with E-state index in [0.717, 1.165) is 25.3 Å². The van der Waals surface area contributed by atoms with E-state index in [9.17, 15) is 4.79 Å². The highest BCUT2D eigenvalue weighted by Crippen LogP contribution is 2.17. The summed E-state index contributed by atoms with van der Waals surface area (Å²) >= 11 is 5.40. The van der Waals surface area contributed by atoms with E-state index >= 15 is 0 Å². The molecule has 1 unspecified atom stereocenters. The van der Waals surface area contributed by atoms with Gasteiger partial charge in [0, 0.05) is 5.56 Å². The Hall–Kier alpha value is -1.06. The second-order valence-electron chi connectivity index (χ2n) is 4.00. The minimum Gasteiger partial charge on any atom is -0.475 e. The SMILES string of the molecule is CCC(Oc1ccc(C(=O)Cl)cc1)N(CC)CC. The average Bonchev–Trinajstić information content (AvgIpc) is 2.39. The lowest BCUT2D eigenvalue weighted by atomic mass is 10.2. The van der Waals surface area contributed by atoms with Crippen molar-refractivity contribution in [3.63, 3.8) is 0 Å². The van der Waals surface area contributed by atoms with Crippen LogP contribution in [0.2, 0.25) is 0 Å². The zero-order valence-electron chi connectivity index (χ0n) is 11.1. The Kier molecular flexibility index (Phi) is 6.16. The Morgan fingerprint density at radius 3 is 2.17 bits per heavy atom. The topological polar surface area (TPSA) is 29.5 Å². The largest absolute Gasteiger partial charge is 0.475 e. The standard InChI is InChI=1S/C14H20ClNO2/c1-4-13(16(5-2)6-3)18-12-9-7-11(8-10-12)14(15)17/h7-10,13H,4-6H2,1-3H3. The summed E-state index contributed by atoms with van der Waals surface area (Å²) in [5, 5.41) is -0.447. The molecule has 1 atom stereocenters. The van der Waals surface area contributed by atoms with Gasteiger partial charge in [0.25, 0.3) is 5.24 Å². The van der Waals surface area contributed by atoms with Gasteiger partial charge in [-0.25, -0.2) is 0 Å². The zero-order chi connectivity index (χ0) is 13.5. The smallest absolute Gasteiger partial charge is 0.252 e. The van der Waals surface area contributed by atoms with Gasteiger partial charge in [-0.3, -0.25) is 9.69 Å². The van der Waals surface area contributed by atoms with Crippen LogP contribution in [-0.4, -0.2) is 29.5 Å². The summed E-state index contributed by atoms with van der Waals surface area (Å²) in [5.41, 5.74) is 0.486. The molecule has 3 nitrogen and oxygen atoms in total. The molecular formula is C14H20ClNO2. The van der Waals surface area contributed by atoms with Crippen molar-refractivity contribution in [2.75, 3.05) is 13.1 Å². The fourth-order valence-corrected chi connectivity index (χ4v) is 1.99. The Morgan fingerprint density at radius 2 is 1.78 bits per heavy atom. The maximum atomic E-state index is 11.0. The van der Waals surface area contributed by atoms with Gasteiger partial charge < -0.3 is 4.74 Å². The molecule has 100 valence electrons. The van der Waals surface area contributed by atoms with Gasteiger partial charge in [0.15, 0.2) is 6.23 Å². The number of carbonyl (C=O) groups excluding carboxylic acids is 1. The molecule has 18 heavy (non-hydrogen) atoms. The number of carbonyl (C=O) groups is 1. The highest BCUT2D eigenvalue weighted by Gasteiger charge is 2.15. The Bertz CT molecular complexity index is 374. The molecular weight excluding hydrogens is 250 g/mol. The normalized spacial score (nSPS) is 12.5. The van der Waals surface area contributed by atoms with Crippen LogP contribution in [0.5, 0.6) is 5.75 Å². The highest BCUT2D eigenvalue weighted by molar-refractivity contribution is 6.67. The first kappa shape index (κ1) is 15.0. The second-order valence-corrected chi connectivity index (χ2v) is 4.34. The molecule has 0 saturated heterocycles. The molecule has 1 aromatic rings. The zero-order valence-corrected chi connectivity index (χ0v) is 11.9. The number of halogens is 1. The van der Waals surface area contributed by atoms with Gasteiger partial charge in [-0.15, -0.1) is 0 Å². The fourth-order valence-electron chi connectivity index (χ4n) is 1.87. The van der Waals surface area contributed by atoms with Crippen LogP contribution in [0.3, 0.4) is 0 Å². The van der Waals surface area contributed by atoms with Crippen molar-refractivity contribution < 1.29 is 9.53 Å². The van der Waals surface area contributed by atoms with E-state index in [4.69, 9.17) is 16.3 Å². The Labute approximate surface area is 114 Å². The summed E-state index contributed by atoms with van der Waals surface area (Å²) in [6.45, 7) is 8.23. The molecule has 0 bridgehead atoms. The van der Waals surface area contributed by atoms with E-state index in [1.165, 1.54) is 0 Å². The molecule has 0 radical (unpaired) electrons. The van der Waals surface area contributed by atoms with E-state index in [0.29, 0.717) is 5.56 Å². The van der Waals surface area contributed by atoms with E-state index in [1.54, 1.807) is 24.3 Å². The summed E-state index contributed by atoms with van der Waals surface area (Å²) < 4.78 is 5.91. The first-order chi connectivity index (χ1) is 8.62. The van der Waals surface area contributed by atoms with Crippen LogP contribution in [0.25, 0.3) is 0 Å². The first-order valence-electron chi connectivity index (χ1n) is 6.32. The van der Waals surface area contributed by atoms with Gasteiger partial charge in [0.2, 0.25) is 0 Å². The maximum Gasteiger partial charge on any atom is 0.252 e. The lowest BCUT2D eigenvalue weighted by Gasteiger charge is -2.29. The van der Waals surface area contributed by atoms with Gasteiger partial charge in [-0.05, 0) is 55.4 Å². The molecule has 1 rings (SSSR count). The van der Waals surface area contributed by atoms with Crippen LogP contribution in [0.15, 0.2) is 24.3 Å². The summed E-state index contributed by atoms with van der Waals surface area (Å²) in [6, 6.07) is 6.92. The third kappa shape index (κ3) is 4.00.